The van der Waals surface area contributed by atoms with Crippen molar-refractivity contribution >= 4 is 11.6 Å². The van der Waals surface area contributed by atoms with Gasteiger partial charge in [0.2, 0.25) is 0 Å². The second-order valence-electron chi connectivity index (χ2n) is 6.24. The first-order chi connectivity index (χ1) is 10.2. The molecule has 1 amide bonds. The summed E-state index contributed by atoms with van der Waals surface area (Å²) in [5, 5.41) is 2.95. The molecule has 0 bridgehead atoms. The van der Waals surface area contributed by atoms with Crippen LogP contribution >= 0.6 is 0 Å². The molecule has 4 heteroatoms. The maximum Gasteiger partial charge on any atom is 0.269 e. The highest BCUT2D eigenvalue weighted by atomic mass is 16.1. The molecule has 0 atom stereocenters. The van der Waals surface area contributed by atoms with E-state index < -0.39 is 0 Å². The van der Waals surface area contributed by atoms with Crippen molar-refractivity contribution in [2.24, 2.45) is 5.92 Å². The van der Waals surface area contributed by atoms with E-state index in [4.69, 9.17) is 0 Å². The third-order valence-electron chi connectivity index (χ3n) is 3.95. The van der Waals surface area contributed by atoms with Gasteiger partial charge in [-0.1, -0.05) is 26.7 Å². The van der Waals surface area contributed by atoms with E-state index in [1.165, 1.54) is 25.7 Å². The average molecular weight is 289 g/mol. The fraction of sp³-hybridized carbons (Fsp3) is 0.647. The number of carbonyl (C=O) groups is 1. The van der Waals surface area contributed by atoms with Crippen molar-refractivity contribution in [2.75, 3.05) is 24.5 Å². The summed E-state index contributed by atoms with van der Waals surface area (Å²) in [5.41, 5.74) is 1.65. The molecule has 2 heterocycles. The second-order valence-corrected chi connectivity index (χ2v) is 6.24. The lowest BCUT2D eigenvalue weighted by Gasteiger charge is -2.22. The van der Waals surface area contributed by atoms with Gasteiger partial charge < -0.3 is 10.2 Å². The molecular formula is C17H27N3O. The Labute approximate surface area is 127 Å². The van der Waals surface area contributed by atoms with Gasteiger partial charge in [-0.05, 0) is 37.3 Å². The number of nitrogens with zero attached hydrogens (tertiary/aromatic N) is 2. The summed E-state index contributed by atoms with van der Waals surface area (Å²) in [7, 11) is 0. The highest BCUT2D eigenvalue weighted by molar-refractivity contribution is 5.93. The van der Waals surface area contributed by atoms with Crippen molar-refractivity contribution in [1.82, 2.24) is 10.3 Å². The summed E-state index contributed by atoms with van der Waals surface area (Å²) < 4.78 is 0. The van der Waals surface area contributed by atoms with Crippen molar-refractivity contribution in [2.45, 2.75) is 46.0 Å². The quantitative estimate of drug-likeness (QED) is 0.905. The van der Waals surface area contributed by atoms with Crippen molar-refractivity contribution in [3.63, 3.8) is 0 Å². The normalized spacial score (nSPS) is 15.9. The molecule has 0 saturated carbocycles. The van der Waals surface area contributed by atoms with Gasteiger partial charge in [0.25, 0.3) is 5.91 Å². The fourth-order valence-corrected chi connectivity index (χ4v) is 2.63. The van der Waals surface area contributed by atoms with Gasteiger partial charge in [0.05, 0.1) is 0 Å². The number of nitrogens with one attached hydrogen (secondary N) is 1. The predicted molar refractivity (Wildman–Crippen MR) is 86.7 cm³/mol. The summed E-state index contributed by atoms with van der Waals surface area (Å²) in [6, 6.07) is 3.94. The van der Waals surface area contributed by atoms with E-state index in [9.17, 15) is 4.79 Å². The first-order valence-corrected chi connectivity index (χ1v) is 8.16. The number of hydrogen-bond donors (Lipinski definition) is 1. The van der Waals surface area contributed by atoms with Crippen LogP contribution in [0.1, 0.15) is 56.4 Å². The molecule has 116 valence electrons. The van der Waals surface area contributed by atoms with Crippen LogP contribution in [0.15, 0.2) is 18.3 Å². The highest BCUT2D eigenvalue weighted by Gasteiger charge is 2.13. The largest absolute Gasteiger partial charge is 0.371 e. The molecule has 1 aliphatic rings. The van der Waals surface area contributed by atoms with Gasteiger partial charge in [0, 0.05) is 31.5 Å². The molecule has 0 spiro atoms. The molecule has 0 unspecified atom stereocenters. The summed E-state index contributed by atoms with van der Waals surface area (Å²) in [6.07, 6.45) is 7.83. The van der Waals surface area contributed by atoms with Crippen LogP contribution in [0.4, 0.5) is 5.69 Å². The van der Waals surface area contributed by atoms with Crippen LogP contribution in [0.25, 0.3) is 0 Å². The summed E-state index contributed by atoms with van der Waals surface area (Å²) in [5.74, 6) is 0.536. The van der Waals surface area contributed by atoms with Crippen molar-refractivity contribution < 1.29 is 4.79 Å². The number of pyridine rings is 1. The van der Waals surface area contributed by atoms with Gasteiger partial charge in [-0.3, -0.25) is 9.78 Å². The molecule has 1 aliphatic heterocycles. The summed E-state index contributed by atoms with van der Waals surface area (Å²) in [6.45, 7) is 7.19. The Morgan fingerprint density at radius 3 is 2.67 bits per heavy atom. The van der Waals surface area contributed by atoms with E-state index in [1.807, 2.05) is 12.1 Å². The standard InChI is InChI=1S/C17H27N3O/c1-14(2)7-9-19-17(21)16-13-15(8-10-18-16)20-11-5-3-4-6-12-20/h8,10,13-14H,3-7,9,11-12H2,1-2H3,(H,19,21). The number of anilines is 1. The minimum Gasteiger partial charge on any atom is -0.371 e. The van der Waals surface area contributed by atoms with Crippen LogP contribution in [-0.4, -0.2) is 30.5 Å². The molecule has 1 fully saturated rings. The van der Waals surface area contributed by atoms with Crippen molar-refractivity contribution in [3.05, 3.63) is 24.0 Å². The lowest BCUT2D eigenvalue weighted by atomic mass is 10.1. The smallest absolute Gasteiger partial charge is 0.269 e. The fourth-order valence-electron chi connectivity index (χ4n) is 2.63. The van der Waals surface area contributed by atoms with Gasteiger partial charge in [-0.25, -0.2) is 0 Å². The molecule has 0 aromatic carbocycles. The average Bonchev–Trinajstić information content (AvgIpc) is 2.76. The van der Waals surface area contributed by atoms with E-state index in [0.29, 0.717) is 18.2 Å². The van der Waals surface area contributed by atoms with E-state index >= 15 is 0 Å². The van der Waals surface area contributed by atoms with E-state index in [0.717, 1.165) is 25.2 Å². The third-order valence-corrected chi connectivity index (χ3v) is 3.95. The molecule has 1 aromatic rings. The van der Waals surface area contributed by atoms with Crippen LogP contribution in [0.5, 0.6) is 0 Å². The van der Waals surface area contributed by atoms with E-state index in [-0.39, 0.29) is 5.91 Å². The van der Waals surface area contributed by atoms with Crippen molar-refractivity contribution in [3.8, 4) is 0 Å². The van der Waals surface area contributed by atoms with Crippen LogP contribution in [0, 0.1) is 5.92 Å². The van der Waals surface area contributed by atoms with Gasteiger partial charge in [0.1, 0.15) is 5.69 Å². The molecule has 21 heavy (non-hydrogen) atoms. The Balaban J connectivity index is 1.97. The van der Waals surface area contributed by atoms with Gasteiger partial charge >= 0.3 is 0 Å². The van der Waals surface area contributed by atoms with Gasteiger partial charge in [-0.15, -0.1) is 0 Å². The lowest BCUT2D eigenvalue weighted by Crippen LogP contribution is -2.27. The Morgan fingerprint density at radius 2 is 2.00 bits per heavy atom. The molecule has 4 nitrogen and oxygen atoms in total. The maximum atomic E-state index is 12.1. The Bertz CT molecular complexity index is 451. The number of aromatic nitrogens is 1. The van der Waals surface area contributed by atoms with Crippen LogP contribution in [0.3, 0.4) is 0 Å². The maximum absolute atomic E-state index is 12.1. The third kappa shape index (κ3) is 5.03. The minimum absolute atomic E-state index is 0.0627. The zero-order valence-corrected chi connectivity index (χ0v) is 13.3. The molecule has 1 aromatic heterocycles. The molecule has 1 saturated heterocycles. The second kappa shape index (κ2) is 8.01. The monoisotopic (exact) mass is 289 g/mol. The topological polar surface area (TPSA) is 45.2 Å². The number of carbonyl (C=O) groups excluding carboxylic acids is 1. The van der Waals surface area contributed by atoms with E-state index in [2.05, 4.69) is 29.0 Å². The predicted octanol–water partition coefficient (Wildman–Crippen LogP) is 3.24. The van der Waals surface area contributed by atoms with Crippen LogP contribution in [-0.2, 0) is 0 Å². The summed E-state index contributed by atoms with van der Waals surface area (Å²) >= 11 is 0. The first-order valence-electron chi connectivity index (χ1n) is 8.16. The van der Waals surface area contributed by atoms with Crippen LogP contribution < -0.4 is 10.2 Å². The lowest BCUT2D eigenvalue weighted by molar-refractivity contribution is 0.0947. The van der Waals surface area contributed by atoms with Crippen molar-refractivity contribution in [1.29, 1.82) is 0 Å². The molecule has 0 radical (unpaired) electrons. The summed E-state index contributed by atoms with van der Waals surface area (Å²) in [4.78, 5) is 18.7. The molecule has 0 aliphatic carbocycles. The number of hydrogen-bond acceptors (Lipinski definition) is 3. The highest BCUT2D eigenvalue weighted by Crippen LogP contribution is 2.19. The Hall–Kier alpha value is -1.58. The Morgan fingerprint density at radius 1 is 1.29 bits per heavy atom. The first kappa shape index (κ1) is 15.8. The van der Waals surface area contributed by atoms with Gasteiger partial charge in [-0.2, -0.15) is 0 Å². The SMILES string of the molecule is CC(C)CCNC(=O)c1cc(N2CCCCCC2)ccn1. The molecular weight excluding hydrogens is 262 g/mol. The minimum atomic E-state index is -0.0627. The zero-order chi connectivity index (χ0) is 15.1. The van der Waals surface area contributed by atoms with E-state index in [1.54, 1.807) is 6.20 Å². The van der Waals surface area contributed by atoms with Gasteiger partial charge in [0.15, 0.2) is 0 Å². The molecule has 1 N–H and O–H groups in total. The van der Waals surface area contributed by atoms with Crippen LogP contribution in [0.2, 0.25) is 0 Å². The molecule has 2 rings (SSSR count). The number of amides is 1. The number of rotatable bonds is 5. The zero-order valence-electron chi connectivity index (χ0n) is 13.3. The Kier molecular flexibility index (Phi) is 6.03.